The van der Waals surface area contributed by atoms with Gasteiger partial charge in [0.2, 0.25) is 10.0 Å². The van der Waals surface area contributed by atoms with E-state index in [9.17, 15) is 23.2 Å². The number of pyridine rings is 1. The minimum atomic E-state index is -3.53. The molecule has 0 bridgehead atoms. The van der Waals surface area contributed by atoms with E-state index in [4.69, 9.17) is 4.74 Å². The number of nitrogens with zero attached hydrogens (tertiary/aromatic N) is 2. The summed E-state index contributed by atoms with van der Waals surface area (Å²) in [5.41, 5.74) is 0.125. The topological polar surface area (TPSA) is 120 Å². The van der Waals surface area contributed by atoms with E-state index in [-0.39, 0.29) is 10.6 Å². The molecule has 29 heavy (non-hydrogen) atoms. The first kappa shape index (κ1) is 20.7. The molecule has 2 heterocycles. The van der Waals surface area contributed by atoms with E-state index in [0.29, 0.717) is 23.5 Å². The van der Waals surface area contributed by atoms with Gasteiger partial charge >= 0.3 is 11.7 Å². The van der Waals surface area contributed by atoms with Crippen molar-refractivity contribution >= 4 is 27.6 Å². The van der Waals surface area contributed by atoms with Crippen LogP contribution in [-0.2, 0) is 19.6 Å². The monoisotopic (exact) mass is 419 g/mol. The molecule has 0 radical (unpaired) electrons. The highest BCUT2D eigenvalue weighted by Gasteiger charge is 2.27. The number of carbonyl (C=O) groups excluding carboxylic acids is 2. The van der Waals surface area contributed by atoms with Gasteiger partial charge in [-0.1, -0.05) is 0 Å². The van der Waals surface area contributed by atoms with Crippen LogP contribution in [0, 0.1) is 5.21 Å². The number of carbonyl (C=O) groups is 2. The lowest BCUT2D eigenvalue weighted by molar-refractivity contribution is -0.608. The van der Waals surface area contributed by atoms with E-state index in [1.807, 2.05) is 0 Å². The third-order valence-electron chi connectivity index (χ3n) is 4.51. The zero-order valence-corrected chi connectivity index (χ0v) is 16.6. The van der Waals surface area contributed by atoms with Crippen molar-refractivity contribution in [3.63, 3.8) is 0 Å². The van der Waals surface area contributed by atoms with Crippen molar-refractivity contribution < 1.29 is 27.5 Å². The number of hydrogen-bond acceptors (Lipinski definition) is 6. The summed E-state index contributed by atoms with van der Waals surface area (Å²) in [7, 11) is -3.53. The second kappa shape index (κ2) is 8.58. The first-order valence-electron chi connectivity index (χ1n) is 9.09. The van der Waals surface area contributed by atoms with Crippen LogP contribution in [0.3, 0.4) is 0 Å². The average molecular weight is 419 g/mol. The molecule has 1 aliphatic heterocycles. The quantitative estimate of drug-likeness (QED) is 0.428. The van der Waals surface area contributed by atoms with Crippen LogP contribution in [0.2, 0.25) is 0 Å². The summed E-state index contributed by atoms with van der Waals surface area (Å²) in [6, 6.07) is 10.0. The van der Waals surface area contributed by atoms with Crippen molar-refractivity contribution in [2.24, 2.45) is 0 Å². The van der Waals surface area contributed by atoms with E-state index in [1.165, 1.54) is 53.7 Å². The number of ether oxygens (including phenoxy) is 1. The Balaban J connectivity index is 1.61. The predicted molar refractivity (Wildman–Crippen MR) is 103 cm³/mol. The molecule has 0 spiro atoms. The first-order valence-corrected chi connectivity index (χ1v) is 10.5. The standard InChI is InChI=1S/C19H21N3O6S/c1-14(28-19(24)17-6-2-3-13-22(17)25)18(23)20-15-7-9-16(10-8-15)29(26,27)21-11-4-5-12-21/h2-3,6-10,13-14H,4-5,11-12H2,1H3,(H,20,23)/t14-/m1/s1. The van der Waals surface area contributed by atoms with Gasteiger partial charge < -0.3 is 15.3 Å². The first-order chi connectivity index (χ1) is 13.8. The fourth-order valence-electron chi connectivity index (χ4n) is 2.89. The van der Waals surface area contributed by atoms with Gasteiger partial charge in [-0.15, -0.1) is 0 Å². The summed E-state index contributed by atoms with van der Waals surface area (Å²) in [6.07, 6.45) is 1.69. The minimum Gasteiger partial charge on any atom is -0.618 e. The number of amides is 1. The summed E-state index contributed by atoms with van der Waals surface area (Å²) < 4.78 is 31.8. The van der Waals surface area contributed by atoms with E-state index in [1.54, 1.807) is 0 Å². The highest BCUT2D eigenvalue weighted by molar-refractivity contribution is 7.89. The lowest BCUT2D eigenvalue weighted by atomic mass is 10.3. The summed E-state index contributed by atoms with van der Waals surface area (Å²) >= 11 is 0. The van der Waals surface area contributed by atoms with Gasteiger partial charge in [0, 0.05) is 30.9 Å². The van der Waals surface area contributed by atoms with Gasteiger partial charge in [-0.3, -0.25) is 4.79 Å². The number of rotatable bonds is 6. The number of anilines is 1. The zero-order valence-electron chi connectivity index (χ0n) is 15.8. The highest BCUT2D eigenvalue weighted by Crippen LogP contribution is 2.22. The lowest BCUT2D eigenvalue weighted by Crippen LogP contribution is -2.37. The Morgan fingerprint density at radius 1 is 1.14 bits per heavy atom. The number of esters is 1. The van der Waals surface area contributed by atoms with Crippen LogP contribution in [0.5, 0.6) is 0 Å². The van der Waals surface area contributed by atoms with Crippen molar-refractivity contribution in [3.8, 4) is 0 Å². The summed E-state index contributed by atoms with van der Waals surface area (Å²) in [5, 5.41) is 14.1. The molecule has 0 unspecified atom stereocenters. The Morgan fingerprint density at radius 3 is 2.41 bits per heavy atom. The molecule has 3 rings (SSSR count). The number of sulfonamides is 1. The molecule has 1 fully saturated rings. The molecule has 154 valence electrons. The van der Waals surface area contributed by atoms with Crippen LogP contribution in [-0.4, -0.2) is 43.8 Å². The maximum Gasteiger partial charge on any atom is 0.405 e. The van der Waals surface area contributed by atoms with Crippen LogP contribution in [0.25, 0.3) is 0 Å². The predicted octanol–water partition coefficient (Wildman–Crippen LogP) is 1.29. The molecule has 10 heteroatoms. The Labute approximate surface area is 168 Å². The van der Waals surface area contributed by atoms with Crippen LogP contribution >= 0.6 is 0 Å². The highest BCUT2D eigenvalue weighted by atomic mass is 32.2. The second-order valence-corrected chi connectivity index (χ2v) is 8.52. The maximum absolute atomic E-state index is 12.5. The van der Waals surface area contributed by atoms with E-state index in [2.05, 4.69) is 5.32 Å². The van der Waals surface area contributed by atoms with Crippen molar-refractivity contribution in [2.75, 3.05) is 18.4 Å². The van der Waals surface area contributed by atoms with E-state index >= 15 is 0 Å². The second-order valence-electron chi connectivity index (χ2n) is 6.58. The molecule has 0 saturated carbocycles. The summed E-state index contributed by atoms with van der Waals surface area (Å²) in [5.74, 6) is -1.53. The molecule has 9 nitrogen and oxygen atoms in total. The number of aromatic nitrogens is 1. The third kappa shape index (κ3) is 4.72. The van der Waals surface area contributed by atoms with Crippen molar-refractivity contribution in [1.29, 1.82) is 0 Å². The van der Waals surface area contributed by atoms with Crippen molar-refractivity contribution in [2.45, 2.75) is 30.8 Å². The molecule has 1 N–H and O–H groups in total. The van der Waals surface area contributed by atoms with Crippen LogP contribution in [0.1, 0.15) is 30.3 Å². The van der Waals surface area contributed by atoms with Crippen molar-refractivity contribution in [1.82, 2.24) is 4.31 Å². The molecule has 2 aromatic rings. The fourth-order valence-corrected chi connectivity index (χ4v) is 4.41. The van der Waals surface area contributed by atoms with E-state index < -0.39 is 28.0 Å². The number of hydrogen-bond donors (Lipinski definition) is 1. The number of nitrogens with one attached hydrogen (secondary N) is 1. The Kier molecular flexibility index (Phi) is 6.14. The van der Waals surface area contributed by atoms with Gasteiger partial charge in [0.15, 0.2) is 12.3 Å². The molecule has 1 atom stereocenters. The molecular weight excluding hydrogens is 398 g/mol. The smallest absolute Gasteiger partial charge is 0.405 e. The maximum atomic E-state index is 12.5. The van der Waals surface area contributed by atoms with Gasteiger partial charge in [0.25, 0.3) is 5.91 Å². The van der Waals surface area contributed by atoms with Crippen LogP contribution < -0.4 is 10.0 Å². The Hall–Kier alpha value is -2.98. The van der Waals surface area contributed by atoms with E-state index in [0.717, 1.165) is 19.0 Å². The Bertz CT molecular complexity index is 1000. The van der Waals surface area contributed by atoms with Crippen LogP contribution in [0.4, 0.5) is 5.69 Å². The molecule has 1 amide bonds. The lowest BCUT2D eigenvalue weighted by Gasteiger charge is -2.16. The van der Waals surface area contributed by atoms with Gasteiger partial charge in [-0.2, -0.15) is 9.04 Å². The summed E-state index contributed by atoms with van der Waals surface area (Å²) in [4.78, 5) is 24.4. The largest absolute Gasteiger partial charge is 0.618 e. The van der Waals surface area contributed by atoms with Crippen molar-refractivity contribution in [3.05, 3.63) is 59.6 Å². The zero-order chi connectivity index (χ0) is 21.0. The molecule has 1 saturated heterocycles. The molecular formula is C19H21N3O6S. The Morgan fingerprint density at radius 2 is 1.79 bits per heavy atom. The third-order valence-corrected chi connectivity index (χ3v) is 6.42. The SMILES string of the molecule is C[C@@H](OC(=O)c1cccc[n+]1[O-])C(=O)Nc1ccc(S(=O)(=O)N2CCCC2)cc1. The minimum absolute atomic E-state index is 0.154. The van der Waals surface area contributed by atoms with Gasteiger partial charge in [0.05, 0.1) is 4.90 Å². The molecule has 1 aromatic carbocycles. The normalized spacial score (nSPS) is 15.6. The van der Waals surface area contributed by atoms with Gasteiger partial charge in [-0.05, 0) is 50.1 Å². The van der Waals surface area contributed by atoms with Crippen LogP contribution in [0.15, 0.2) is 53.6 Å². The van der Waals surface area contributed by atoms with Gasteiger partial charge in [-0.25, -0.2) is 13.2 Å². The molecule has 1 aliphatic rings. The molecule has 1 aromatic heterocycles. The average Bonchev–Trinajstić information content (AvgIpc) is 3.24. The number of benzene rings is 1. The molecule has 0 aliphatic carbocycles. The van der Waals surface area contributed by atoms with Gasteiger partial charge in [0.1, 0.15) is 0 Å². The fraction of sp³-hybridized carbons (Fsp3) is 0.316. The summed E-state index contributed by atoms with van der Waals surface area (Å²) in [6.45, 7) is 2.39.